The van der Waals surface area contributed by atoms with E-state index in [9.17, 15) is 9.90 Å². The van der Waals surface area contributed by atoms with Gasteiger partial charge >= 0.3 is 5.97 Å². The molecule has 0 radical (unpaired) electrons. The van der Waals surface area contributed by atoms with Crippen LogP contribution in [0.3, 0.4) is 0 Å². The first-order chi connectivity index (χ1) is 8.61. The number of hydrogen-bond donors (Lipinski definition) is 1. The average Bonchev–Trinajstić information content (AvgIpc) is 2.95. The van der Waals surface area contributed by atoms with E-state index >= 15 is 0 Å². The Hall–Kier alpha value is -1.10. The number of carboxylic acid groups (broad SMARTS) is 1. The quantitative estimate of drug-likeness (QED) is 0.892. The normalized spacial score (nSPS) is 23.6. The number of nitrogens with zero attached hydrogens (tertiary/aromatic N) is 2. The molecule has 0 aromatic carbocycles. The maximum atomic E-state index is 11.5. The highest BCUT2D eigenvalue weighted by Crippen LogP contribution is 2.38. The number of anilines is 1. The van der Waals surface area contributed by atoms with Crippen LogP contribution in [0, 0.1) is 5.41 Å². The van der Waals surface area contributed by atoms with Gasteiger partial charge in [0.1, 0.15) is 0 Å². The van der Waals surface area contributed by atoms with Gasteiger partial charge in [-0.3, -0.25) is 4.79 Å². The summed E-state index contributed by atoms with van der Waals surface area (Å²) in [5, 5.41) is 12.5. The van der Waals surface area contributed by atoms with Crippen molar-refractivity contribution in [1.29, 1.82) is 0 Å². The second-order valence-corrected chi connectivity index (χ2v) is 5.82. The highest BCUT2D eigenvalue weighted by atomic mass is 32.1. The highest BCUT2D eigenvalue weighted by molar-refractivity contribution is 7.13. The van der Waals surface area contributed by atoms with E-state index in [2.05, 4.69) is 22.2 Å². The molecule has 0 saturated carbocycles. The summed E-state index contributed by atoms with van der Waals surface area (Å²) in [4.78, 5) is 18.2. The first-order valence-corrected chi connectivity index (χ1v) is 7.42. The molecule has 1 unspecified atom stereocenters. The standard InChI is InChI=1S/C13H20N2O2S/c1-3-5-13(11(16)17)6-7-15(9-13)12-14-10(4-2)8-18-12/h8H,3-7,9H2,1-2H3,(H,16,17). The van der Waals surface area contributed by atoms with E-state index in [-0.39, 0.29) is 0 Å². The zero-order chi connectivity index (χ0) is 13.2. The lowest BCUT2D eigenvalue weighted by Crippen LogP contribution is -2.34. The van der Waals surface area contributed by atoms with Gasteiger partial charge in [-0.1, -0.05) is 20.3 Å². The van der Waals surface area contributed by atoms with E-state index in [0.29, 0.717) is 6.54 Å². The van der Waals surface area contributed by atoms with Crippen molar-refractivity contribution in [2.75, 3.05) is 18.0 Å². The van der Waals surface area contributed by atoms with Gasteiger partial charge in [0.15, 0.2) is 5.13 Å². The molecule has 1 atom stereocenters. The molecule has 1 saturated heterocycles. The number of hydrogen-bond acceptors (Lipinski definition) is 4. The fraction of sp³-hybridized carbons (Fsp3) is 0.692. The van der Waals surface area contributed by atoms with Gasteiger partial charge in [-0.15, -0.1) is 11.3 Å². The van der Waals surface area contributed by atoms with Gasteiger partial charge in [-0.25, -0.2) is 4.98 Å². The van der Waals surface area contributed by atoms with Crippen molar-refractivity contribution in [1.82, 2.24) is 4.98 Å². The number of aliphatic carboxylic acids is 1. The van der Waals surface area contributed by atoms with Crippen LogP contribution in [0.25, 0.3) is 0 Å². The Labute approximate surface area is 112 Å². The summed E-state index contributed by atoms with van der Waals surface area (Å²) in [7, 11) is 0. The molecule has 4 nitrogen and oxygen atoms in total. The second kappa shape index (κ2) is 5.26. The monoisotopic (exact) mass is 268 g/mol. The smallest absolute Gasteiger partial charge is 0.311 e. The van der Waals surface area contributed by atoms with E-state index in [4.69, 9.17) is 0 Å². The minimum atomic E-state index is -0.654. The molecule has 0 amide bonds. The van der Waals surface area contributed by atoms with Crippen LogP contribution in [0.1, 0.15) is 38.8 Å². The molecule has 1 N–H and O–H groups in total. The van der Waals surface area contributed by atoms with Crippen LogP contribution in [0.5, 0.6) is 0 Å². The van der Waals surface area contributed by atoms with Gasteiger partial charge in [-0.2, -0.15) is 0 Å². The topological polar surface area (TPSA) is 53.4 Å². The number of carbonyl (C=O) groups is 1. The van der Waals surface area contributed by atoms with E-state index in [1.807, 2.05) is 6.92 Å². The predicted molar refractivity (Wildman–Crippen MR) is 73.3 cm³/mol. The van der Waals surface area contributed by atoms with Crippen LogP contribution in [0.4, 0.5) is 5.13 Å². The van der Waals surface area contributed by atoms with E-state index in [1.54, 1.807) is 11.3 Å². The predicted octanol–water partition coefficient (Wildman–Crippen LogP) is 2.79. The van der Waals surface area contributed by atoms with Crippen molar-refractivity contribution in [2.24, 2.45) is 5.41 Å². The number of rotatable bonds is 5. The van der Waals surface area contributed by atoms with Gasteiger partial charge < -0.3 is 10.0 Å². The second-order valence-electron chi connectivity index (χ2n) is 4.98. The molecule has 2 rings (SSSR count). The Kier molecular flexibility index (Phi) is 3.90. The van der Waals surface area contributed by atoms with Gasteiger partial charge in [0.25, 0.3) is 0 Å². The third-order valence-corrected chi connectivity index (χ3v) is 4.66. The van der Waals surface area contributed by atoms with Crippen LogP contribution in [-0.4, -0.2) is 29.1 Å². The van der Waals surface area contributed by atoms with Crippen molar-refractivity contribution in [2.45, 2.75) is 39.5 Å². The largest absolute Gasteiger partial charge is 0.481 e. The summed E-state index contributed by atoms with van der Waals surface area (Å²) in [5.41, 5.74) is 0.533. The number of aromatic nitrogens is 1. The molecule has 0 aliphatic carbocycles. The van der Waals surface area contributed by atoms with Crippen LogP contribution in [-0.2, 0) is 11.2 Å². The van der Waals surface area contributed by atoms with E-state index < -0.39 is 11.4 Å². The van der Waals surface area contributed by atoms with Crippen LogP contribution < -0.4 is 4.90 Å². The van der Waals surface area contributed by atoms with Crippen molar-refractivity contribution in [3.8, 4) is 0 Å². The van der Waals surface area contributed by atoms with Crippen molar-refractivity contribution in [3.05, 3.63) is 11.1 Å². The minimum absolute atomic E-state index is 0.563. The number of aryl methyl sites for hydroxylation is 1. The lowest BCUT2D eigenvalue weighted by molar-refractivity contribution is -0.148. The van der Waals surface area contributed by atoms with Crippen molar-refractivity contribution >= 4 is 22.4 Å². The summed E-state index contributed by atoms with van der Waals surface area (Å²) in [6.45, 7) is 5.54. The Morgan fingerprint density at radius 2 is 2.39 bits per heavy atom. The van der Waals surface area contributed by atoms with Crippen LogP contribution in [0.2, 0.25) is 0 Å². The summed E-state index contributed by atoms with van der Waals surface area (Å²) in [5.74, 6) is -0.654. The Morgan fingerprint density at radius 1 is 1.61 bits per heavy atom. The third kappa shape index (κ3) is 2.36. The Morgan fingerprint density at radius 3 is 2.94 bits per heavy atom. The van der Waals surface area contributed by atoms with Gasteiger partial charge in [0.05, 0.1) is 11.1 Å². The molecule has 0 bridgehead atoms. The fourth-order valence-electron chi connectivity index (χ4n) is 2.60. The number of carboxylic acids is 1. The highest BCUT2D eigenvalue weighted by Gasteiger charge is 2.44. The zero-order valence-electron chi connectivity index (χ0n) is 11.0. The van der Waals surface area contributed by atoms with E-state index in [1.165, 1.54) is 0 Å². The summed E-state index contributed by atoms with van der Waals surface area (Å²) < 4.78 is 0. The van der Waals surface area contributed by atoms with Gasteiger partial charge in [0.2, 0.25) is 0 Å². The lowest BCUT2D eigenvalue weighted by Gasteiger charge is -2.23. The molecule has 1 fully saturated rings. The van der Waals surface area contributed by atoms with Crippen LogP contribution in [0.15, 0.2) is 5.38 Å². The molecule has 0 spiro atoms. The van der Waals surface area contributed by atoms with Crippen molar-refractivity contribution < 1.29 is 9.90 Å². The molecule has 5 heteroatoms. The molecule has 1 aliphatic heterocycles. The summed E-state index contributed by atoms with van der Waals surface area (Å²) >= 11 is 1.62. The Bertz CT molecular complexity index is 432. The molecule has 1 aromatic rings. The lowest BCUT2D eigenvalue weighted by atomic mass is 9.83. The SMILES string of the molecule is CCCC1(C(=O)O)CCN(c2nc(CC)cs2)C1. The molecular formula is C13H20N2O2S. The molecule has 18 heavy (non-hydrogen) atoms. The summed E-state index contributed by atoms with van der Waals surface area (Å²) in [6, 6.07) is 0. The van der Waals surface area contributed by atoms with Gasteiger partial charge in [0, 0.05) is 18.5 Å². The van der Waals surface area contributed by atoms with E-state index in [0.717, 1.165) is 43.1 Å². The first kappa shape index (κ1) is 13.3. The summed E-state index contributed by atoms with van der Waals surface area (Å²) in [6.07, 6.45) is 3.34. The fourth-order valence-corrected chi connectivity index (χ4v) is 3.54. The average molecular weight is 268 g/mol. The third-order valence-electron chi connectivity index (χ3n) is 3.71. The molecule has 1 aliphatic rings. The molecule has 2 heterocycles. The maximum Gasteiger partial charge on any atom is 0.311 e. The zero-order valence-corrected chi connectivity index (χ0v) is 11.8. The van der Waals surface area contributed by atoms with Crippen LogP contribution >= 0.6 is 11.3 Å². The molecule has 100 valence electrons. The molecular weight excluding hydrogens is 248 g/mol. The van der Waals surface area contributed by atoms with Crippen molar-refractivity contribution in [3.63, 3.8) is 0 Å². The number of thiazole rings is 1. The Balaban J connectivity index is 2.13. The minimum Gasteiger partial charge on any atom is -0.481 e. The van der Waals surface area contributed by atoms with Gasteiger partial charge in [-0.05, 0) is 19.3 Å². The first-order valence-electron chi connectivity index (χ1n) is 6.54. The maximum absolute atomic E-state index is 11.5. The molecule has 1 aromatic heterocycles.